The van der Waals surface area contributed by atoms with Crippen LogP contribution in [0.3, 0.4) is 0 Å². The number of unbranched alkanes of at least 4 members (excludes halogenated alkanes) is 1. The molecule has 162 valence electrons. The van der Waals surface area contributed by atoms with Crippen LogP contribution in [0, 0.1) is 5.82 Å². The molecule has 4 rings (SSSR count). The molecule has 0 atom stereocenters. The normalized spacial score (nSPS) is 10.7. The Kier molecular flexibility index (Phi) is 6.92. The molecule has 4 nitrogen and oxygen atoms in total. The van der Waals surface area contributed by atoms with Gasteiger partial charge in [-0.05, 0) is 60.9 Å². The molecule has 4 aromatic rings. The van der Waals surface area contributed by atoms with Gasteiger partial charge in [0.25, 0.3) is 5.91 Å². The average molecular weight is 446 g/mol. The van der Waals surface area contributed by atoms with Gasteiger partial charge in [-0.15, -0.1) is 11.3 Å². The van der Waals surface area contributed by atoms with Crippen molar-refractivity contribution < 1.29 is 9.18 Å². The number of halogens is 1. The van der Waals surface area contributed by atoms with Gasteiger partial charge >= 0.3 is 0 Å². The minimum absolute atomic E-state index is 0.143. The third kappa shape index (κ3) is 5.59. The van der Waals surface area contributed by atoms with E-state index in [2.05, 4.69) is 22.5 Å². The fourth-order valence-corrected chi connectivity index (χ4v) is 4.06. The van der Waals surface area contributed by atoms with E-state index in [9.17, 15) is 9.18 Å². The van der Waals surface area contributed by atoms with Crippen molar-refractivity contribution in [2.45, 2.75) is 26.2 Å². The molecule has 32 heavy (non-hydrogen) atoms. The first-order valence-electron chi connectivity index (χ1n) is 10.6. The summed E-state index contributed by atoms with van der Waals surface area (Å²) in [5.41, 5.74) is 4.90. The first kappa shape index (κ1) is 21.7. The summed E-state index contributed by atoms with van der Waals surface area (Å²) in [5, 5.41) is 8.68. The summed E-state index contributed by atoms with van der Waals surface area (Å²) in [6.45, 7) is 2.17. The van der Waals surface area contributed by atoms with Gasteiger partial charge in [-0.25, -0.2) is 9.37 Å². The molecule has 0 aliphatic heterocycles. The van der Waals surface area contributed by atoms with Gasteiger partial charge in [0.05, 0.1) is 5.69 Å². The topological polar surface area (TPSA) is 54.0 Å². The van der Waals surface area contributed by atoms with Crippen LogP contribution in [0.25, 0.3) is 11.3 Å². The zero-order chi connectivity index (χ0) is 22.3. The quantitative estimate of drug-likeness (QED) is 0.299. The van der Waals surface area contributed by atoms with Crippen LogP contribution in [0.15, 0.2) is 78.2 Å². The molecule has 0 unspecified atom stereocenters. The number of nitrogens with one attached hydrogen (secondary N) is 2. The van der Waals surface area contributed by atoms with Gasteiger partial charge in [-0.1, -0.05) is 43.7 Å². The monoisotopic (exact) mass is 445 g/mol. The number of aryl methyl sites for hydroxylation is 1. The summed E-state index contributed by atoms with van der Waals surface area (Å²) in [7, 11) is 0. The number of hydrogen-bond acceptors (Lipinski definition) is 4. The van der Waals surface area contributed by atoms with Crippen molar-refractivity contribution in [3.8, 4) is 11.3 Å². The number of anilines is 3. The molecule has 0 aliphatic carbocycles. The van der Waals surface area contributed by atoms with Gasteiger partial charge in [0.15, 0.2) is 5.13 Å². The Labute approximate surface area is 191 Å². The lowest BCUT2D eigenvalue weighted by Gasteiger charge is -2.08. The number of rotatable bonds is 8. The Balaban J connectivity index is 1.43. The molecule has 0 radical (unpaired) electrons. The van der Waals surface area contributed by atoms with Crippen molar-refractivity contribution >= 4 is 33.8 Å². The van der Waals surface area contributed by atoms with Crippen molar-refractivity contribution in [3.63, 3.8) is 0 Å². The first-order chi connectivity index (χ1) is 15.6. The van der Waals surface area contributed by atoms with E-state index in [1.807, 2.05) is 53.9 Å². The molecule has 2 N–H and O–H groups in total. The summed E-state index contributed by atoms with van der Waals surface area (Å²) < 4.78 is 13.4. The molecule has 0 aliphatic rings. The number of nitrogens with zero attached hydrogens (tertiary/aromatic N) is 1. The predicted molar refractivity (Wildman–Crippen MR) is 130 cm³/mol. The molecular formula is C26H24FN3OS. The Bertz CT molecular complexity index is 1200. The van der Waals surface area contributed by atoms with Gasteiger partial charge in [-0.2, -0.15) is 0 Å². The lowest BCUT2D eigenvalue weighted by atomic mass is 10.1. The smallest absolute Gasteiger partial charge is 0.255 e. The minimum Gasteiger partial charge on any atom is -0.331 e. The van der Waals surface area contributed by atoms with E-state index >= 15 is 0 Å². The van der Waals surface area contributed by atoms with Crippen molar-refractivity contribution in [2.75, 3.05) is 10.6 Å². The van der Waals surface area contributed by atoms with Crippen LogP contribution in [-0.2, 0) is 6.42 Å². The summed E-state index contributed by atoms with van der Waals surface area (Å²) in [6, 6.07) is 21.6. The standard InChI is InChI=1S/C26H24FN3OS/c1-2-3-6-18-11-13-19(14-12-18)25(31)28-22-9-4-7-20(15-22)24-17-32-26(30-24)29-23-10-5-8-21(27)16-23/h4-5,7-17H,2-3,6H2,1H3,(H,28,31)(H,29,30). The molecule has 0 spiro atoms. The summed E-state index contributed by atoms with van der Waals surface area (Å²) in [6.07, 6.45) is 3.33. The van der Waals surface area contributed by atoms with Gasteiger partial charge in [0.2, 0.25) is 0 Å². The van der Waals surface area contributed by atoms with E-state index in [0.717, 1.165) is 30.5 Å². The third-order valence-electron chi connectivity index (χ3n) is 5.03. The molecule has 1 amide bonds. The average Bonchev–Trinajstić information content (AvgIpc) is 3.27. The van der Waals surface area contributed by atoms with Crippen LogP contribution in [0.4, 0.5) is 20.9 Å². The SMILES string of the molecule is CCCCc1ccc(C(=O)Nc2cccc(-c3csc(Nc4cccc(F)c4)n3)c2)cc1. The largest absolute Gasteiger partial charge is 0.331 e. The fraction of sp³-hybridized carbons (Fsp3) is 0.154. The highest BCUT2D eigenvalue weighted by atomic mass is 32.1. The van der Waals surface area contributed by atoms with E-state index < -0.39 is 0 Å². The van der Waals surface area contributed by atoms with Gasteiger partial charge in [0.1, 0.15) is 5.82 Å². The third-order valence-corrected chi connectivity index (χ3v) is 5.79. The number of amides is 1. The van der Waals surface area contributed by atoms with Crippen LogP contribution in [0.1, 0.15) is 35.7 Å². The predicted octanol–water partition coefficient (Wildman–Crippen LogP) is 7.29. The van der Waals surface area contributed by atoms with Crippen LogP contribution in [-0.4, -0.2) is 10.9 Å². The Hall–Kier alpha value is -3.51. The van der Waals surface area contributed by atoms with Crippen molar-refractivity contribution in [3.05, 3.63) is 95.1 Å². The van der Waals surface area contributed by atoms with Crippen LogP contribution in [0.2, 0.25) is 0 Å². The number of hydrogen-bond donors (Lipinski definition) is 2. The number of carbonyl (C=O) groups is 1. The van der Waals surface area contributed by atoms with E-state index in [1.54, 1.807) is 12.1 Å². The van der Waals surface area contributed by atoms with E-state index in [1.165, 1.54) is 29.0 Å². The molecule has 3 aromatic carbocycles. The second kappa shape index (κ2) is 10.2. The molecule has 1 heterocycles. The lowest BCUT2D eigenvalue weighted by Crippen LogP contribution is -2.11. The molecular weight excluding hydrogens is 421 g/mol. The number of thiazole rings is 1. The molecule has 0 bridgehead atoms. The second-order valence-corrected chi connectivity index (χ2v) is 8.37. The summed E-state index contributed by atoms with van der Waals surface area (Å²) in [4.78, 5) is 17.2. The van der Waals surface area contributed by atoms with E-state index in [-0.39, 0.29) is 11.7 Å². The number of carbonyl (C=O) groups excluding carboxylic acids is 1. The molecule has 0 fully saturated rings. The molecule has 0 saturated carbocycles. The maximum absolute atomic E-state index is 13.4. The zero-order valence-corrected chi connectivity index (χ0v) is 18.6. The van der Waals surface area contributed by atoms with Crippen LogP contribution < -0.4 is 10.6 Å². The van der Waals surface area contributed by atoms with E-state index in [0.29, 0.717) is 22.1 Å². The maximum atomic E-state index is 13.4. The molecule has 0 saturated heterocycles. The Morgan fingerprint density at radius 2 is 1.78 bits per heavy atom. The van der Waals surface area contributed by atoms with Gasteiger partial charge < -0.3 is 10.6 Å². The van der Waals surface area contributed by atoms with Crippen molar-refractivity contribution in [2.24, 2.45) is 0 Å². The molecule has 1 aromatic heterocycles. The Morgan fingerprint density at radius 1 is 1.00 bits per heavy atom. The minimum atomic E-state index is -0.300. The molecule has 6 heteroatoms. The van der Waals surface area contributed by atoms with Crippen molar-refractivity contribution in [1.29, 1.82) is 0 Å². The first-order valence-corrected chi connectivity index (χ1v) is 11.5. The maximum Gasteiger partial charge on any atom is 0.255 e. The highest BCUT2D eigenvalue weighted by molar-refractivity contribution is 7.14. The van der Waals surface area contributed by atoms with Gasteiger partial charge in [-0.3, -0.25) is 4.79 Å². The fourth-order valence-electron chi connectivity index (χ4n) is 3.32. The summed E-state index contributed by atoms with van der Waals surface area (Å²) in [5.74, 6) is -0.443. The highest BCUT2D eigenvalue weighted by Gasteiger charge is 2.09. The van der Waals surface area contributed by atoms with Crippen LogP contribution >= 0.6 is 11.3 Å². The number of benzene rings is 3. The van der Waals surface area contributed by atoms with Crippen LogP contribution in [0.5, 0.6) is 0 Å². The highest BCUT2D eigenvalue weighted by Crippen LogP contribution is 2.29. The van der Waals surface area contributed by atoms with E-state index in [4.69, 9.17) is 0 Å². The second-order valence-electron chi connectivity index (χ2n) is 7.51. The summed E-state index contributed by atoms with van der Waals surface area (Å²) >= 11 is 1.44. The lowest BCUT2D eigenvalue weighted by molar-refractivity contribution is 0.102. The Morgan fingerprint density at radius 3 is 2.56 bits per heavy atom. The number of aromatic nitrogens is 1. The zero-order valence-electron chi connectivity index (χ0n) is 17.8. The van der Waals surface area contributed by atoms with Gasteiger partial charge in [0, 0.05) is 27.9 Å². The van der Waals surface area contributed by atoms with Crippen molar-refractivity contribution in [1.82, 2.24) is 4.98 Å².